The summed E-state index contributed by atoms with van der Waals surface area (Å²) < 4.78 is 6.36. The molecule has 1 radical (unpaired) electrons. The molecular weight excluding hydrogens is 851 g/mol. The first-order valence-electron chi connectivity index (χ1n) is 18.8. The molecule has 0 N–H and O–H groups in total. The molecule has 0 saturated heterocycles. The van der Waals surface area contributed by atoms with E-state index >= 15 is 0 Å². The Morgan fingerprint density at radius 1 is 0.618 bits per heavy atom. The maximum atomic E-state index is 6.36. The zero-order valence-corrected chi connectivity index (χ0v) is 35.8. The van der Waals surface area contributed by atoms with Gasteiger partial charge in [0.1, 0.15) is 11.1 Å². The average Bonchev–Trinajstić information content (AvgIpc) is 3.52. The quantitative estimate of drug-likeness (QED) is 0.162. The third-order valence-corrected chi connectivity index (χ3v) is 9.79. The van der Waals surface area contributed by atoms with E-state index in [1.807, 2.05) is 24.5 Å². The Hall–Kier alpha value is -4.96. The maximum absolute atomic E-state index is 6.36. The van der Waals surface area contributed by atoms with Crippen molar-refractivity contribution in [2.24, 2.45) is 10.8 Å². The number of hydrogen-bond acceptors (Lipinski definition) is 4. The first-order valence-corrected chi connectivity index (χ1v) is 18.8. The minimum Gasteiger partial charge on any atom is -0.498 e. The molecule has 8 aromatic rings. The van der Waals surface area contributed by atoms with Crippen molar-refractivity contribution in [3.05, 3.63) is 150 Å². The number of rotatable bonds is 5. The summed E-state index contributed by atoms with van der Waals surface area (Å²) in [5.74, 6) is 0. The van der Waals surface area contributed by atoms with Crippen molar-refractivity contribution in [2.45, 2.75) is 75.2 Å². The van der Waals surface area contributed by atoms with Gasteiger partial charge < -0.3 is 14.4 Å². The van der Waals surface area contributed by atoms with Crippen LogP contribution in [-0.4, -0.2) is 15.0 Å². The number of aromatic nitrogens is 3. The fourth-order valence-corrected chi connectivity index (χ4v) is 7.07. The van der Waals surface area contributed by atoms with Crippen LogP contribution in [0.3, 0.4) is 0 Å². The fourth-order valence-electron chi connectivity index (χ4n) is 7.07. The molecule has 0 bridgehead atoms. The third kappa shape index (κ3) is 9.13. The molecule has 4 aromatic heterocycles. The maximum Gasteiger partial charge on any atom is 0.147 e. The van der Waals surface area contributed by atoms with E-state index in [0.717, 1.165) is 68.2 Å². The van der Waals surface area contributed by atoms with Crippen molar-refractivity contribution in [2.75, 3.05) is 0 Å². The van der Waals surface area contributed by atoms with Gasteiger partial charge in [-0.2, -0.15) is 0 Å². The van der Waals surface area contributed by atoms with Crippen molar-refractivity contribution >= 4 is 32.8 Å². The molecule has 55 heavy (non-hydrogen) atoms. The molecule has 0 spiro atoms. The molecule has 5 heteroatoms. The van der Waals surface area contributed by atoms with Crippen LogP contribution in [0.4, 0.5) is 0 Å². The number of nitrogens with zero attached hydrogens (tertiary/aromatic N) is 3. The number of hydrogen-bond donors (Lipinski definition) is 0. The Bertz CT molecular complexity index is 2610. The first-order chi connectivity index (χ1) is 25.7. The second-order valence-electron chi connectivity index (χ2n) is 17.0. The topological polar surface area (TPSA) is 51.8 Å². The molecule has 0 atom stereocenters. The van der Waals surface area contributed by atoms with Gasteiger partial charge in [0.15, 0.2) is 0 Å². The predicted molar refractivity (Wildman–Crippen MR) is 226 cm³/mol. The number of benzene rings is 4. The van der Waals surface area contributed by atoms with Crippen molar-refractivity contribution < 1.29 is 24.5 Å². The van der Waals surface area contributed by atoms with Crippen LogP contribution >= 0.6 is 0 Å². The zero-order chi connectivity index (χ0) is 38.2. The standard InChI is InChI=1S/C25H21N2O.C25H28N.Ir/c1-25(2,3)15-16-11-13-26-21(14-16)20-8-4-7-18-19-10-9-17-6-5-12-27-22(17)24(19)28-23(18)20;1-17-7-10-22(24-13-18(2)19(3)16-26-24)14-23(17)21-11-8-20(9-12-21)15-25(4,5)6;/h4-7,9-14H,15H2,1-3H3;7-9,11-14,16H,15H2,1-6H3;/q2*-1;. The van der Waals surface area contributed by atoms with Crippen LogP contribution in [-0.2, 0) is 32.9 Å². The minimum absolute atomic E-state index is 0. The molecule has 0 amide bonds. The van der Waals surface area contributed by atoms with Crippen LogP contribution in [0, 0.1) is 43.7 Å². The summed E-state index contributed by atoms with van der Waals surface area (Å²) in [5.41, 5.74) is 15.7. The SMILES string of the molecule is CC(C)(C)Cc1ccnc(-c2[c-]ccc3c2oc2c3ccc3cccnc32)c1.Cc1cnc(-c2[c-]cc(C)c(-c3ccc(CC(C)(C)C)cc3)c2)cc1C.[Ir]. The minimum atomic E-state index is 0. The number of aryl methyl sites for hydroxylation is 3. The van der Waals surface area contributed by atoms with E-state index in [0.29, 0.717) is 5.41 Å². The van der Waals surface area contributed by atoms with Gasteiger partial charge >= 0.3 is 0 Å². The van der Waals surface area contributed by atoms with Gasteiger partial charge in [0.25, 0.3) is 0 Å². The monoisotopic (exact) mass is 900 g/mol. The van der Waals surface area contributed by atoms with Crippen LogP contribution in [0.5, 0.6) is 0 Å². The van der Waals surface area contributed by atoms with Crippen molar-refractivity contribution in [3.63, 3.8) is 0 Å². The number of pyridine rings is 3. The Balaban J connectivity index is 0.000000184. The zero-order valence-electron chi connectivity index (χ0n) is 33.4. The average molecular weight is 900 g/mol. The van der Waals surface area contributed by atoms with E-state index in [-0.39, 0.29) is 25.5 Å². The normalized spacial score (nSPS) is 11.7. The summed E-state index contributed by atoms with van der Waals surface area (Å²) in [6.07, 6.45) is 7.71. The van der Waals surface area contributed by atoms with Crippen LogP contribution in [0.25, 0.3) is 66.5 Å². The summed E-state index contributed by atoms with van der Waals surface area (Å²) >= 11 is 0. The molecule has 0 aliphatic carbocycles. The van der Waals surface area contributed by atoms with Crippen molar-refractivity contribution in [1.82, 2.24) is 15.0 Å². The summed E-state index contributed by atoms with van der Waals surface area (Å²) in [6, 6.07) is 38.6. The number of furan rings is 1. The smallest absolute Gasteiger partial charge is 0.147 e. The van der Waals surface area contributed by atoms with E-state index in [9.17, 15) is 0 Å². The third-order valence-electron chi connectivity index (χ3n) is 9.79. The molecule has 0 saturated carbocycles. The van der Waals surface area contributed by atoms with Crippen LogP contribution in [0.2, 0.25) is 0 Å². The molecule has 4 aromatic carbocycles. The first kappa shape index (κ1) is 39.7. The predicted octanol–water partition coefficient (Wildman–Crippen LogP) is 13.3. The largest absolute Gasteiger partial charge is 0.498 e. The molecule has 8 rings (SSSR count). The van der Waals surface area contributed by atoms with E-state index in [1.54, 1.807) is 6.20 Å². The molecule has 0 unspecified atom stereocenters. The summed E-state index contributed by atoms with van der Waals surface area (Å²) in [4.78, 5) is 13.8. The number of fused-ring (bicyclic) bond motifs is 5. The summed E-state index contributed by atoms with van der Waals surface area (Å²) in [7, 11) is 0. The second-order valence-corrected chi connectivity index (χ2v) is 17.0. The summed E-state index contributed by atoms with van der Waals surface area (Å²) in [6.45, 7) is 19.9. The van der Waals surface area contributed by atoms with Crippen LogP contribution < -0.4 is 0 Å². The van der Waals surface area contributed by atoms with Crippen LogP contribution in [0.1, 0.15) is 69.4 Å². The van der Waals surface area contributed by atoms with Gasteiger partial charge in [-0.25, -0.2) is 0 Å². The molecule has 0 aliphatic heterocycles. The van der Waals surface area contributed by atoms with E-state index < -0.39 is 0 Å². The van der Waals surface area contributed by atoms with Gasteiger partial charge in [0.05, 0.1) is 5.58 Å². The molecule has 0 aliphatic rings. The van der Waals surface area contributed by atoms with E-state index in [4.69, 9.17) is 4.42 Å². The molecule has 0 fully saturated rings. The van der Waals surface area contributed by atoms with E-state index in [1.165, 1.54) is 38.9 Å². The molecular formula is C50H49IrN3O-2. The second kappa shape index (κ2) is 16.0. The van der Waals surface area contributed by atoms with Crippen LogP contribution in [0.15, 0.2) is 114 Å². The molecule has 4 heterocycles. The summed E-state index contributed by atoms with van der Waals surface area (Å²) in [5, 5.41) is 3.21. The van der Waals surface area contributed by atoms with Crippen molar-refractivity contribution in [3.8, 4) is 33.6 Å². The van der Waals surface area contributed by atoms with Gasteiger partial charge in [0.2, 0.25) is 0 Å². The Morgan fingerprint density at radius 3 is 2.07 bits per heavy atom. The fraction of sp³-hybridized carbons (Fsp3) is 0.260. The molecule has 4 nitrogen and oxygen atoms in total. The Kier molecular flexibility index (Phi) is 11.6. The Labute approximate surface area is 339 Å². The Morgan fingerprint density at radius 2 is 1.35 bits per heavy atom. The van der Waals surface area contributed by atoms with Gasteiger partial charge in [-0.1, -0.05) is 131 Å². The van der Waals surface area contributed by atoms with Gasteiger partial charge in [0, 0.05) is 49.5 Å². The van der Waals surface area contributed by atoms with E-state index in [2.05, 4.69) is 168 Å². The van der Waals surface area contributed by atoms with Crippen molar-refractivity contribution in [1.29, 1.82) is 0 Å². The molecule has 281 valence electrons. The van der Waals surface area contributed by atoms with Gasteiger partial charge in [-0.05, 0) is 77.7 Å². The van der Waals surface area contributed by atoms with Gasteiger partial charge in [-0.3, -0.25) is 4.98 Å². The van der Waals surface area contributed by atoms with Gasteiger partial charge in [-0.15, -0.1) is 47.5 Å².